The molecule has 0 atom stereocenters. The average molecular weight is 320 g/mol. The van der Waals surface area contributed by atoms with E-state index in [1.807, 2.05) is 25.1 Å². The van der Waals surface area contributed by atoms with Crippen LogP contribution in [0.4, 0.5) is 0 Å². The molecule has 4 nitrogen and oxygen atoms in total. The smallest absolute Gasteiger partial charge is 0.159 e. The maximum atomic E-state index is 4.85. The standard InChI is InChI=1S/C18H16N4S/c1-11-5-3-4-6-14(11)18-15-9-13(23)7-8-16(15)22-12(2)20-21-17(22)10-19-18/h3-9,23H,10H2,1-2H3. The zero-order valence-electron chi connectivity index (χ0n) is 13.0. The lowest BCUT2D eigenvalue weighted by Gasteiger charge is -2.14. The van der Waals surface area contributed by atoms with E-state index in [2.05, 4.69) is 58.6 Å². The Bertz CT molecular complexity index is 940. The van der Waals surface area contributed by atoms with Gasteiger partial charge in [-0.2, -0.15) is 0 Å². The van der Waals surface area contributed by atoms with E-state index in [1.165, 1.54) is 5.56 Å². The lowest BCUT2D eigenvalue weighted by molar-refractivity contribution is 0.861. The first-order valence-corrected chi connectivity index (χ1v) is 7.95. The second-order valence-corrected chi connectivity index (χ2v) is 6.20. The van der Waals surface area contributed by atoms with E-state index in [0.29, 0.717) is 6.54 Å². The van der Waals surface area contributed by atoms with Crippen molar-refractivity contribution in [1.29, 1.82) is 0 Å². The van der Waals surface area contributed by atoms with Crippen LogP contribution < -0.4 is 0 Å². The van der Waals surface area contributed by atoms with Crippen LogP contribution in [0, 0.1) is 13.8 Å². The van der Waals surface area contributed by atoms with Gasteiger partial charge in [-0.05, 0) is 37.6 Å². The van der Waals surface area contributed by atoms with Gasteiger partial charge in [-0.15, -0.1) is 22.8 Å². The summed E-state index contributed by atoms with van der Waals surface area (Å²) in [7, 11) is 0. The lowest BCUT2D eigenvalue weighted by atomic mass is 9.97. The summed E-state index contributed by atoms with van der Waals surface area (Å²) in [6.07, 6.45) is 0. The highest BCUT2D eigenvalue weighted by atomic mass is 32.1. The third kappa shape index (κ3) is 2.28. The minimum Gasteiger partial charge on any atom is -0.281 e. The van der Waals surface area contributed by atoms with E-state index in [-0.39, 0.29) is 0 Å². The van der Waals surface area contributed by atoms with Gasteiger partial charge in [0.05, 0.1) is 11.4 Å². The Morgan fingerprint density at radius 3 is 2.65 bits per heavy atom. The molecule has 0 bridgehead atoms. The number of hydrogen-bond acceptors (Lipinski definition) is 4. The Kier molecular flexibility index (Phi) is 3.31. The van der Waals surface area contributed by atoms with Crippen LogP contribution in [0.1, 0.15) is 28.3 Å². The first kappa shape index (κ1) is 14.2. The van der Waals surface area contributed by atoms with Gasteiger partial charge >= 0.3 is 0 Å². The van der Waals surface area contributed by atoms with Crippen molar-refractivity contribution in [3.8, 4) is 5.69 Å². The predicted molar refractivity (Wildman–Crippen MR) is 93.9 cm³/mol. The molecule has 1 aliphatic heterocycles. The van der Waals surface area contributed by atoms with Crippen LogP contribution >= 0.6 is 12.6 Å². The van der Waals surface area contributed by atoms with E-state index < -0.39 is 0 Å². The van der Waals surface area contributed by atoms with Crippen molar-refractivity contribution in [3.05, 3.63) is 70.8 Å². The van der Waals surface area contributed by atoms with E-state index >= 15 is 0 Å². The predicted octanol–water partition coefficient (Wildman–Crippen LogP) is 3.52. The summed E-state index contributed by atoms with van der Waals surface area (Å²) < 4.78 is 2.08. The zero-order valence-corrected chi connectivity index (χ0v) is 13.9. The number of fused-ring (bicyclic) bond motifs is 3. The van der Waals surface area contributed by atoms with Crippen molar-refractivity contribution < 1.29 is 0 Å². The van der Waals surface area contributed by atoms with Crippen LogP contribution in [-0.4, -0.2) is 20.5 Å². The lowest BCUT2D eigenvalue weighted by Crippen LogP contribution is -2.09. The summed E-state index contributed by atoms with van der Waals surface area (Å²) in [6.45, 7) is 4.59. The highest BCUT2D eigenvalue weighted by Crippen LogP contribution is 2.28. The summed E-state index contributed by atoms with van der Waals surface area (Å²) >= 11 is 4.52. The molecule has 0 radical (unpaired) electrons. The average Bonchev–Trinajstić information content (AvgIpc) is 2.82. The van der Waals surface area contributed by atoms with Crippen LogP contribution in [0.15, 0.2) is 52.4 Å². The minimum atomic E-state index is 0.515. The van der Waals surface area contributed by atoms with Crippen LogP contribution in [-0.2, 0) is 6.54 Å². The summed E-state index contributed by atoms with van der Waals surface area (Å²) in [5.74, 6) is 1.73. The van der Waals surface area contributed by atoms with Gasteiger partial charge in [-0.1, -0.05) is 24.3 Å². The third-order valence-corrected chi connectivity index (χ3v) is 4.42. The Hall–Kier alpha value is -2.40. The molecule has 2 aromatic carbocycles. The molecule has 23 heavy (non-hydrogen) atoms. The fourth-order valence-corrected chi connectivity index (χ4v) is 3.24. The summed E-state index contributed by atoms with van der Waals surface area (Å²) in [5.41, 5.74) is 5.45. The molecule has 4 rings (SSSR count). The number of aromatic nitrogens is 3. The maximum absolute atomic E-state index is 4.85. The quantitative estimate of drug-likeness (QED) is 0.697. The molecule has 1 aromatic heterocycles. The fourth-order valence-electron chi connectivity index (χ4n) is 3.03. The van der Waals surface area contributed by atoms with Crippen molar-refractivity contribution in [1.82, 2.24) is 14.8 Å². The molecule has 0 amide bonds. The van der Waals surface area contributed by atoms with Crippen LogP contribution in [0.2, 0.25) is 0 Å². The molecule has 0 saturated heterocycles. The molecule has 0 N–H and O–H groups in total. The van der Waals surface area contributed by atoms with Crippen LogP contribution in [0.3, 0.4) is 0 Å². The largest absolute Gasteiger partial charge is 0.281 e. The van der Waals surface area contributed by atoms with Crippen molar-refractivity contribution >= 4 is 18.3 Å². The third-order valence-electron chi connectivity index (χ3n) is 4.15. The molecule has 0 unspecified atom stereocenters. The van der Waals surface area contributed by atoms with Crippen LogP contribution in [0.5, 0.6) is 0 Å². The number of nitrogens with zero attached hydrogens (tertiary/aromatic N) is 4. The van der Waals surface area contributed by atoms with Gasteiger partial charge in [0.25, 0.3) is 0 Å². The van der Waals surface area contributed by atoms with Gasteiger partial charge in [-0.25, -0.2) is 0 Å². The van der Waals surface area contributed by atoms with Gasteiger partial charge in [0.2, 0.25) is 0 Å². The number of aryl methyl sites for hydroxylation is 2. The number of hydrogen-bond donors (Lipinski definition) is 1. The minimum absolute atomic E-state index is 0.515. The van der Waals surface area contributed by atoms with Crippen molar-refractivity contribution in [2.75, 3.05) is 0 Å². The maximum Gasteiger partial charge on any atom is 0.159 e. The molecule has 1 aliphatic rings. The normalized spacial score (nSPS) is 13.1. The zero-order chi connectivity index (χ0) is 16.0. The molecule has 0 fully saturated rings. The molecule has 2 heterocycles. The number of thiol groups is 1. The molecule has 114 valence electrons. The van der Waals surface area contributed by atoms with Gasteiger partial charge in [0, 0.05) is 16.0 Å². The topological polar surface area (TPSA) is 43.1 Å². The molecule has 5 heteroatoms. The Morgan fingerprint density at radius 1 is 1.00 bits per heavy atom. The van der Waals surface area contributed by atoms with Gasteiger partial charge < -0.3 is 0 Å². The van der Waals surface area contributed by atoms with Crippen molar-refractivity contribution in [2.24, 2.45) is 4.99 Å². The second kappa shape index (κ2) is 5.35. The molecular formula is C18H16N4S. The first-order chi connectivity index (χ1) is 11.1. The molecule has 0 spiro atoms. The van der Waals surface area contributed by atoms with E-state index in [4.69, 9.17) is 4.99 Å². The highest BCUT2D eigenvalue weighted by molar-refractivity contribution is 7.80. The number of aliphatic imine (C=N–C) groups is 1. The fraction of sp³-hybridized carbons (Fsp3) is 0.167. The highest BCUT2D eigenvalue weighted by Gasteiger charge is 2.22. The van der Waals surface area contributed by atoms with E-state index in [1.54, 1.807) is 0 Å². The summed E-state index contributed by atoms with van der Waals surface area (Å²) in [5, 5.41) is 8.48. The van der Waals surface area contributed by atoms with Gasteiger partial charge in [0.15, 0.2) is 5.82 Å². The van der Waals surface area contributed by atoms with Gasteiger partial charge in [0.1, 0.15) is 12.4 Å². The van der Waals surface area contributed by atoms with E-state index in [0.717, 1.165) is 39.1 Å². The number of rotatable bonds is 1. The Balaban J connectivity index is 2.03. The first-order valence-electron chi connectivity index (χ1n) is 7.50. The monoisotopic (exact) mass is 320 g/mol. The SMILES string of the molecule is Cc1ccccc1C1=NCc2nnc(C)n2-c2ccc(S)cc21. The summed E-state index contributed by atoms with van der Waals surface area (Å²) in [6, 6.07) is 14.4. The molecular weight excluding hydrogens is 304 g/mol. The Labute approximate surface area is 140 Å². The second-order valence-electron chi connectivity index (χ2n) is 5.68. The van der Waals surface area contributed by atoms with Crippen molar-refractivity contribution in [2.45, 2.75) is 25.3 Å². The Morgan fingerprint density at radius 2 is 1.83 bits per heavy atom. The summed E-state index contributed by atoms with van der Waals surface area (Å²) in [4.78, 5) is 5.77. The van der Waals surface area contributed by atoms with Crippen molar-refractivity contribution in [3.63, 3.8) is 0 Å². The number of benzene rings is 2. The molecule has 0 saturated carbocycles. The van der Waals surface area contributed by atoms with Gasteiger partial charge in [-0.3, -0.25) is 9.56 Å². The van der Waals surface area contributed by atoms with E-state index in [9.17, 15) is 0 Å². The van der Waals surface area contributed by atoms with Crippen LogP contribution in [0.25, 0.3) is 5.69 Å². The molecule has 3 aromatic rings. The molecule has 0 aliphatic carbocycles.